The summed E-state index contributed by atoms with van der Waals surface area (Å²) in [5, 5.41) is 0. The number of hydrogen-bond acceptors (Lipinski definition) is 6. The van der Waals surface area contributed by atoms with Crippen molar-refractivity contribution in [2.45, 2.75) is 245 Å². The van der Waals surface area contributed by atoms with Gasteiger partial charge in [0.15, 0.2) is 6.10 Å². The van der Waals surface area contributed by atoms with E-state index < -0.39 is 6.10 Å². The van der Waals surface area contributed by atoms with Crippen molar-refractivity contribution in [2.75, 3.05) is 13.2 Å². The third kappa shape index (κ3) is 58.1. The Labute approximate surface area is 448 Å². The minimum Gasteiger partial charge on any atom is -0.462 e. The number of unbranched alkanes of at least 4 members (excludes halogenated alkanes) is 16. The lowest BCUT2D eigenvalue weighted by atomic mass is 10.1. The topological polar surface area (TPSA) is 78.9 Å². The summed E-state index contributed by atoms with van der Waals surface area (Å²) in [7, 11) is 0. The molecule has 0 aromatic rings. The number of carbonyl (C=O) groups excluding carboxylic acids is 3. The van der Waals surface area contributed by atoms with Crippen LogP contribution in [0.1, 0.15) is 239 Å². The molecule has 1 atom stereocenters. The van der Waals surface area contributed by atoms with Crippen molar-refractivity contribution in [1.29, 1.82) is 0 Å². The quantitative estimate of drug-likeness (QED) is 0.0261. The predicted molar refractivity (Wildman–Crippen MR) is 315 cm³/mol. The second-order valence-electron chi connectivity index (χ2n) is 18.8. The smallest absolute Gasteiger partial charge is 0.306 e. The molecule has 0 saturated carbocycles. The molecule has 0 bridgehead atoms. The van der Waals surface area contributed by atoms with Crippen molar-refractivity contribution in [2.24, 2.45) is 0 Å². The van der Waals surface area contributed by atoms with Crippen molar-refractivity contribution in [3.8, 4) is 0 Å². The first-order chi connectivity index (χ1) is 36.0. The minimum atomic E-state index is -0.800. The molecular formula is C67H106O6. The Kier molecular flexibility index (Phi) is 56.0. The SMILES string of the molecule is CC/C=C\C/C=C\C/C=C\C/C=C\C/C=C\C/C=C\C/C=C\C/C=C\C/C=C\CCCCCC(=O)OCC(COC(=O)CCCCCCCCC)OC(=O)CCCCCCCCC/C=C\C/C=C\C/C=C\CC. The Morgan fingerprint density at radius 1 is 0.288 bits per heavy atom. The third-order valence-electron chi connectivity index (χ3n) is 11.8. The Bertz CT molecular complexity index is 1630. The second-order valence-corrected chi connectivity index (χ2v) is 18.8. The van der Waals surface area contributed by atoms with Gasteiger partial charge >= 0.3 is 17.9 Å². The van der Waals surface area contributed by atoms with Gasteiger partial charge in [-0.3, -0.25) is 14.4 Å². The van der Waals surface area contributed by atoms with E-state index in [-0.39, 0.29) is 31.1 Å². The number of esters is 3. The zero-order chi connectivity index (χ0) is 52.9. The first-order valence-corrected chi connectivity index (χ1v) is 29.3. The molecule has 1 unspecified atom stereocenters. The fourth-order valence-electron chi connectivity index (χ4n) is 7.51. The zero-order valence-electron chi connectivity index (χ0n) is 46.8. The van der Waals surface area contributed by atoms with Crippen LogP contribution in [0.3, 0.4) is 0 Å². The lowest BCUT2D eigenvalue weighted by molar-refractivity contribution is -0.167. The molecule has 0 aromatic carbocycles. The highest BCUT2D eigenvalue weighted by atomic mass is 16.6. The van der Waals surface area contributed by atoms with E-state index in [1.165, 1.54) is 51.4 Å². The number of rotatable bonds is 51. The third-order valence-corrected chi connectivity index (χ3v) is 11.8. The number of hydrogen-bond donors (Lipinski definition) is 0. The lowest BCUT2D eigenvalue weighted by Crippen LogP contribution is -2.30. The standard InChI is InChI=1S/C67H106O6/c1-4-7-10-13-16-18-20-22-24-26-27-28-29-30-31-32-33-34-35-36-37-38-39-41-42-44-46-48-51-54-57-60-66(69)72-63-64(62-71-65(68)59-56-53-50-15-12-9-6-3)73-67(70)61-58-55-52-49-47-45-43-40-25-23-21-19-17-14-11-8-5-2/h7-8,10-11,16-19,22-25,27-28,30-31,33-34,36-37,39,41,44,46,64H,4-6,9,12-15,20-21,26,29,32,35,38,40,42-43,45,47-63H2,1-3H3/b10-7-,11-8-,18-16-,19-17-,24-22-,25-23-,28-27-,31-30-,34-33-,37-36-,41-39-,46-44-. The molecule has 0 heterocycles. The molecule has 0 rings (SSSR count). The zero-order valence-corrected chi connectivity index (χ0v) is 46.8. The highest BCUT2D eigenvalue weighted by molar-refractivity contribution is 5.71. The maximum absolute atomic E-state index is 12.8. The van der Waals surface area contributed by atoms with E-state index in [1.807, 2.05) is 0 Å². The maximum Gasteiger partial charge on any atom is 0.306 e. The highest BCUT2D eigenvalue weighted by Crippen LogP contribution is 2.13. The van der Waals surface area contributed by atoms with E-state index in [1.54, 1.807) is 0 Å². The van der Waals surface area contributed by atoms with Crippen molar-refractivity contribution in [3.05, 3.63) is 146 Å². The van der Waals surface area contributed by atoms with Crippen LogP contribution in [0.4, 0.5) is 0 Å². The summed E-state index contributed by atoms with van der Waals surface area (Å²) in [6.45, 7) is 6.32. The Morgan fingerprint density at radius 3 is 0.849 bits per heavy atom. The van der Waals surface area contributed by atoms with Crippen molar-refractivity contribution in [1.82, 2.24) is 0 Å². The average molecular weight is 1010 g/mol. The molecule has 0 aliphatic carbocycles. The predicted octanol–water partition coefficient (Wildman–Crippen LogP) is 20.0. The first kappa shape index (κ1) is 68.3. The Hall–Kier alpha value is -4.71. The molecule has 6 nitrogen and oxygen atoms in total. The van der Waals surface area contributed by atoms with Crippen LogP contribution in [0.15, 0.2) is 146 Å². The van der Waals surface area contributed by atoms with Crippen molar-refractivity contribution < 1.29 is 28.6 Å². The van der Waals surface area contributed by atoms with Crippen LogP contribution in [-0.2, 0) is 28.6 Å². The average Bonchev–Trinajstić information content (AvgIpc) is 3.39. The van der Waals surface area contributed by atoms with Gasteiger partial charge in [0.1, 0.15) is 13.2 Å². The molecule has 0 N–H and O–H groups in total. The van der Waals surface area contributed by atoms with Gasteiger partial charge < -0.3 is 14.2 Å². The Morgan fingerprint density at radius 2 is 0.534 bits per heavy atom. The van der Waals surface area contributed by atoms with Crippen LogP contribution in [0, 0.1) is 0 Å². The fourth-order valence-corrected chi connectivity index (χ4v) is 7.51. The summed E-state index contributed by atoms with van der Waals surface area (Å²) in [6.07, 6.45) is 85.8. The van der Waals surface area contributed by atoms with E-state index in [4.69, 9.17) is 14.2 Å². The highest BCUT2D eigenvalue weighted by Gasteiger charge is 2.19. The van der Waals surface area contributed by atoms with Crippen molar-refractivity contribution in [3.63, 3.8) is 0 Å². The van der Waals surface area contributed by atoms with Crippen LogP contribution in [0.2, 0.25) is 0 Å². The molecule has 0 saturated heterocycles. The van der Waals surface area contributed by atoms with Gasteiger partial charge in [0.25, 0.3) is 0 Å². The van der Waals surface area contributed by atoms with Crippen LogP contribution in [0.5, 0.6) is 0 Å². The molecule has 0 spiro atoms. The van der Waals surface area contributed by atoms with E-state index in [0.717, 1.165) is 148 Å². The summed E-state index contributed by atoms with van der Waals surface area (Å²) in [6, 6.07) is 0. The summed E-state index contributed by atoms with van der Waals surface area (Å²) < 4.78 is 16.7. The number of allylic oxidation sites excluding steroid dienone is 24. The van der Waals surface area contributed by atoms with Crippen LogP contribution in [0.25, 0.3) is 0 Å². The lowest BCUT2D eigenvalue weighted by Gasteiger charge is -2.18. The van der Waals surface area contributed by atoms with Gasteiger partial charge in [-0.2, -0.15) is 0 Å². The van der Waals surface area contributed by atoms with E-state index >= 15 is 0 Å². The second kappa shape index (κ2) is 59.8. The largest absolute Gasteiger partial charge is 0.462 e. The van der Waals surface area contributed by atoms with Crippen LogP contribution < -0.4 is 0 Å². The van der Waals surface area contributed by atoms with E-state index in [0.29, 0.717) is 19.3 Å². The minimum absolute atomic E-state index is 0.0970. The van der Waals surface area contributed by atoms with Crippen molar-refractivity contribution >= 4 is 17.9 Å². The molecule has 73 heavy (non-hydrogen) atoms. The van der Waals surface area contributed by atoms with Crippen LogP contribution >= 0.6 is 0 Å². The maximum atomic E-state index is 12.8. The van der Waals surface area contributed by atoms with Gasteiger partial charge in [-0.15, -0.1) is 0 Å². The molecule has 0 amide bonds. The van der Waals surface area contributed by atoms with Crippen LogP contribution in [-0.4, -0.2) is 37.2 Å². The van der Waals surface area contributed by atoms with E-state index in [2.05, 4.69) is 167 Å². The summed E-state index contributed by atoms with van der Waals surface area (Å²) in [4.78, 5) is 37.9. The number of carbonyl (C=O) groups is 3. The van der Waals surface area contributed by atoms with Gasteiger partial charge in [-0.1, -0.05) is 244 Å². The molecular weight excluding hydrogens is 901 g/mol. The molecule has 6 heteroatoms. The normalized spacial score (nSPS) is 13.2. The van der Waals surface area contributed by atoms with Gasteiger partial charge in [-0.05, 0) is 122 Å². The molecule has 0 aliphatic heterocycles. The van der Waals surface area contributed by atoms with Gasteiger partial charge in [-0.25, -0.2) is 0 Å². The van der Waals surface area contributed by atoms with Gasteiger partial charge in [0.05, 0.1) is 0 Å². The molecule has 0 fully saturated rings. The van der Waals surface area contributed by atoms with Gasteiger partial charge in [0.2, 0.25) is 0 Å². The van der Waals surface area contributed by atoms with E-state index in [9.17, 15) is 14.4 Å². The summed E-state index contributed by atoms with van der Waals surface area (Å²) in [5.41, 5.74) is 0. The monoisotopic (exact) mass is 1010 g/mol. The Balaban J connectivity index is 4.28. The fraction of sp³-hybridized carbons (Fsp3) is 0.597. The molecule has 0 aliphatic rings. The van der Waals surface area contributed by atoms with Gasteiger partial charge in [0, 0.05) is 19.3 Å². The molecule has 0 aromatic heterocycles. The summed E-state index contributed by atoms with van der Waals surface area (Å²) >= 11 is 0. The molecule has 0 radical (unpaired) electrons. The molecule has 410 valence electrons. The number of ether oxygens (including phenoxy) is 3. The first-order valence-electron chi connectivity index (χ1n) is 29.3. The summed E-state index contributed by atoms with van der Waals surface area (Å²) in [5.74, 6) is -0.955.